The Bertz CT molecular complexity index is 894. The van der Waals surface area contributed by atoms with Gasteiger partial charge < -0.3 is 10.1 Å². The van der Waals surface area contributed by atoms with E-state index in [1.165, 1.54) is 60.8 Å². The fourth-order valence-electron chi connectivity index (χ4n) is 4.56. The summed E-state index contributed by atoms with van der Waals surface area (Å²) in [5.74, 6) is 1.64. The van der Waals surface area contributed by atoms with Crippen LogP contribution in [0.25, 0.3) is 0 Å². The maximum absolute atomic E-state index is 5.93. The average Bonchev–Trinajstić information content (AvgIpc) is 2.83. The minimum atomic E-state index is 0.626. The molecule has 3 aromatic rings. The van der Waals surface area contributed by atoms with E-state index in [4.69, 9.17) is 4.74 Å². The van der Waals surface area contributed by atoms with E-state index in [1.54, 1.807) is 0 Å². The minimum absolute atomic E-state index is 0.626. The van der Waals surface area contributed by atoms with E-state index in [0.29, 0.717) is 18.6 Å². The molecule has 0 bridgehead atoms. The predicted octanol–water partition coefficient (Wildman–Crippen LogP) is 6.82. The zero-order valence-corrected chi connectivity index (χ0v) is 18.7. The monoisotopic (exact) mass is 413 g/mol. The Kier molecular flexibility index (Phi) is 7.79. The summed E-state index contributed by atoms with van der Waals surface area (Å²) >= 11 is 0. The van der Waals surface area contributed by atoms with Crippen molar-refractivity contribution in [2.24, 2.45) is 0 Å². The number of benzene rings is 3. The fourth-order valence-corrected chi connectivity index (χ4v) is 4.56. The topological polar surface area (TPSA) is 21.3 Å². The van der Waals surface area contributed by atoms with E-state index in [9.17, 15) is 0 Å². The lowest BCUT2D eigenvalue weighted by Crippen LogP contribution is -2.33. The van der Waals surface area contributed by atoms with Crippen molar-refractivity contribution in [3.8, 4) is 5.75 Å². The number of nitrogens with one attached hydrogen (secondary N) is 1. The number of ether oxygens (including phenoxy) is 1. The van der Waals surface area contributed by atoms with E-state index in [-0.39, 0.29) is 0 Å². The lowest BCUT2D eigenvalue weighted by Gasteiger charge is -2.29. The molecular weight excluding hydrogens is 378 g/mol. The Morgan fingerprint density at radius 2 is 1.48 bits per heavy atom. The smallest absolute Gasteiger partial charge is 0.119 e. The largest absolute Gasteiger partial charge is 0.489 e. The second-order valence-electron chi connectivity index (χ2n) is 8.94. The summed E-state index contributed by atoms with van der Waals surface area (Å²) in [5, 5.41) is 3.80. The first-order valence-corrected chi connectivity index (χ1v) is 11.8. The number of hydrogen-bond acceptors (Lipinski definition) is 2. The van der Waals surface area contributed by atoms with Gasteiger partial charge in [-0.15, -0.1) is 0 Å². The highest BCUT2D eigenvalue weighted by molar-refractivity contribution is 5.30. The van der Waals surface area contributed by atoms with Crippen LogP contribution in [0.4, 0.5) is 0 Å². The molecule has 2 heteroatoms. The minimum Gasteiger partial charge on any atom is -0.489 e. The molecule has 0 unspecified atom stereocenters. The molecule has 1 aliphatic carbocycles. The Morgan fingerprint density at radius 1 is 0.774 bits per heavy atom. The molecule has 0 atom stereocenters. The van der Waals surface area contributed by atoms with Gasteiger partial charge in [0.25, 0.3) is 0 Å². The first-order valence-electron chi connectivity index (χ1n) is 11.8. The molecule has 0 saturated heterocycles. The van der Waals surface area contributed by atoms with Gasteiger partial charge >= 0.3 is 0 Å². The van der Waals surface area contributed by atoms with E-state index < -0.39 is 0 Å². The molecule has 0 spiro atoms. The van der Waals surface area contributed by atoms with Crippen LogP contribution in [-0.4, -0.2) is 12.6 Å². The summed E-state index contributed by atoms with van der Waals surface area (Å²) in [6, 6.07) is 28.8. The summed E-state index contributed by atoms with van der Waals surface area (Å²) in [6.07, 6.45) is 7.50. The van der Waals surface area contributed by atoms with E-state index in [2.05, 4.69) is 85.0 Å². The van der Waals surface area contributed by atoms with Gasteiger partial charge in [0.15, 0.2) is 0 Å². The van der Waals surface area contributed by atoms with Crippen LogP contribution < -0.4 is 10.1 Å². The summed E-state index contributed by atoms with van der Waals surface area (Å²) in [7, 11) is 0. The van der Waals surface area contributed by atoms with Crippen LogP contribution in [0.1, 0.15) is 60.3 Å². The summed E-state index contributed by atoms with van der Waals surface area (Å²) in [5.41, 5.74) is 5.46. The highest BCUT2D eigenvalue weighted by Gasteiger charge is 2.21. The van der Waals surface area contributed by atoms with Gasteiger partial charge in [-0.25, -0.2) is 0 Å². The second kappa shape index (κ2) is 11.2. The van der Waals surface area contributed by atoms with Crippen molar-refractivity contribution in [3.63, 3.8) is 0 Å². The molecule has 3 aromatic carbocycles. The van der Waals surface area contributed by atoms with Gasteiger partial charge in [-0.3, -0.25) is 0 Å². The fraction of sp³-hybridized carbons (Fsp3) is 0.379. The molecule has 2 nitrogen and oxygen atoms in total. The summed E-state index contributed by atoms with van der Waals surface area (Å²) in [6.45, 7) is 3.90. The van der Waals surface area contributed by atoms with Crippen LogP contribution >= 0.6 is 0 Å². The second-order valence-corrected chi connectivity index (χ2v) is 8.94. The predicted molar refractivity (Wildman–Crippen MR) is 130 cm³/mol. The summed E-state index contributed by atoms with van der Waals surface area (Å²) < 4.78 is 5.93. The van der Waals surface area contributed by atoms with Crippen molar-refractivity contribution in [2.75, 3.05) is 6.54 Å². The van der Waals surface area contributed by atoms with Crippen molar-refractivity contribution in [3.05, 3.63) is 101 Å². The number of hydrogen-bond donors (Lipinski definition) is 1. The Morgan fingerprint density at radius 3 is 2.19 bits per heavy atom. The van der Waals surface area contributed by atoms with Crippen molar-refractivity contribution in [2.45, 2.75) is 64.0 Å². The quantitative estimate of drug-likeness (QED) is 0.389. The zero-order chi connectivity index (χ0) is 21.3. The van der Waals surface area contributed by atoms with Crippen LogP contribution in [0, 0.1) is 6.92 Å². The van der Waals surface area contributed by atoms with Gasteiger partial charge in [-0.05, 0) is 86.7 Å². The first kappa shape index (κ1) is 21.6. The molecule has 0 radical (unpaired) electrons. The van der Waals surface area contributed by atoms with Gasteiger partial charge in [0, 0.05) is 6.04 Å². The van der Waals surface area contributed by atoms with Crippen molar-refractivity contribution >= 4 is 0 Å². The van der Waals surface area contributed by atoms with Crippen LogP contribution in [0.3, 0.4) is 0 Å². The third kappa shape index (κ3) is 6.70. The highest BCUT2D eigenvalue weighted by Crippen LogP contribution is 2.33. The first-order chi connectivity index (χ1) is 15.3. The van der Waals surface area contributed by atoms with Crippen LogP contribution in [0.5, 0.6) is 5.75 Å². The van der Waals surface area contributed by atoms with Crippen molar-refractivity contribution < 1.29 is 4.74 Å². The molecule has 1 aliphatic rings. The molecule has 1 saturated carbocycles. The molecule has 0 aliphatic heterocycles. The van der Waals surface area contributed by atoms with Crippen LogP contribution in [0.2, 0.25) is 0 Å². The SMILES string of the molecule is Cc1ccc(CCCNC2CCC(c3ccc(OCc4ccccc4)cc3)CC2)cc1. The van der Waals surface area contributed by atoms with Crippen LogP contribution in [0.15, 0.2) is 78.9 Å². The summed E-state index contributed by atoms with van der Waals surface area (Å²) in [4.78, 5) is 0. The highest BCUT2D eigenvalue weighted by atomic mass is 16.5. The molecular formula is C29H35NO. The lowest BCUT2D eigenvalue weighted by molar-refractivity contribution is 0.305. The average molecular weight is 414 g/mol. The van der Waals surface area contributed by atoms with Gasteiger partial charge in [-0.1, -0.05) is 72.3 Å². The lowest BCUT2D eigenvalue weighted by atomic mass is 9.81. The molecule has 4 rings (SSSR count). The Labute approximate surface area is 187 Å². The van der Waals surface area contributed by atoms with Crippen LogP contribution in [-0.2, 0) is 13.0 Å². The molecule has 0 amide bonds. The van der Waals surface area contributed by atoms with Gasteiger partial charge in [0.1, 0.15) is 12.4 Å². The molecule has 31 heavy (non-hydrogen) atoms. The third-order valence-electron chi connectivity index (χ3n) is 6.52. The number of rotatable bonds is 9. The van der Waals surface area contributed by atoms with Gasteiger partial charge in [0.05, 0.1) is 0 Å². The van der Waals surface area contributed by atoms with Crippen molar-refractivity contribution in [1.29, 1.82) is 0 Å². The van der Waals surface area contributed by atoms with E-state index >= 15 is 0 Å². The Balaban J connectivity index is 1.15. The molecule has 162 valence electrons. The Hall–Kier alpha value is -2.58. The van der Waals surface area contributed by atoms with E-state index in [1.807, 2.05) is 6.07 Å². The third-order valence-corrected chi connectivity index (χ3v) is 6.52. The number of aryl methyl sites for hydroxylation is 2. The molecule has 0 heterocycles. The maximum atomic E-state index is 5.93. The molecule has 1 N–H and O–H groups in total. The van der Waals surface area contributed by atoms with Crippen molar-refractivity contribution in [1.82, 2.24) is 5.32 Å². The van der Waals surface area contributed by atoms with Gasteiger partial charge in [0.2, 0.25) is 0 Å². The standard InChI is InChI=1S/C29H35NO/c1-23-9-11-24(12-10-23)8-5-21-30-28-17-13-26(14-18-28)27-15-19-29(20-16-27)31-22-25-6-3-2-4-7-25/h2-4,6-7,9-12,15-16,19-20,26,28,30H,5,8,13-14,17-18,21-22H2,1H3. The van der Waals surface area contributed by atoms with Gasteiger partial charge in [-0.2, -0.15) is 0 Å². The maximum Gasteiger partial charge on any atom is 0.119 e. The van der Waals surface area contributed by atoms with E-state index in [0.717, 1.165) is 12.3 Å². The normalized spacial score (nSPS) is 18.6. The zero-order valence-electron chi connectivity index (χ0n) is 18.7. The molecule has 1 fully saturated rings. The molecule has 0 aromatic heterocycles.